The number of ether oxygens (including phenoxy) is 1. The van der Waals surface area contributed by atoms with E-state index in [2.05, 4.69) is 5.32 Å². The maximum absolute atomic E-state index is 13.5. The molecule has 13 heteroatoms. The largest absolute Gasteiger partial charge is 0.414 e. The van der Waals surface area contributed by atoms with Gasteiger partial charge in [-0.05, 0) is 45.1 Å². The number of nitrogens with two attached hydrogens (primary N) is 1. The molecular formula is C22H29ClF3N3O5S. The summed E-state index contributed by atoms with van der Waals surface area (Å²) < 4.78 is 70.3. The number of hydrogen-bond acceptors (Lipinski definition) is 6. The van der Waals surface area contributed by atoms with Gasteiger partial charge in [-0.2, -0.15) is 13.2 Å². The van der Waals surface area contributed by atoms with E-state index in [4.69, 9.17) is 22.1 Å². The van der Waals surface area contributed by atoms with Crippen LogP contribution in [0, 0.1) is 5.41 Å². The first-order valence-corrected chi connectivity index (χ1v) is 13.4. The maximum Gasteiger partial charge on any atom is 0.414 e. The van der Waals surface area contributed by atoms with Gasteiger partial charge in [-0.3, -0.25) is 9.59 Å². The van der Waals surface area contributed by atoms with Crippen molar-refractivity contribution in [3.05, 3.63) is 22.1 Å². The minimum Gasteiger partial charge on any atom is -0.361 e. The number of carbonyl (C=O) groups is 2. The molecule has 4 aliphatic rings. The van der Waals surface area contributed by atoms with Gasteiger partial charge < -0.3 is 20.7 Å². The molecule has 3 fully saturated rings. The number of nitrogens with one attached hydrogen (secondary N) is 1. The Hall–Kier alpha value is -1.63. The maximum atomic E-state index is 13.5. The van der Waals surface area contributed by atoms with Crippen molar-refractivity contribution in [2.45, 2.75) is 87.7 Å². The predicted octanol–water partition coefficient (Wildman–Crippen LogP) is 2.48. The minimum absolute atomic E-state index is 0.126. The van der Waals surface area contributed by atoms with E-state index in [1.54, 1.807) is 6.92 Å². The van der Waals surface area contributed by atoms with Crippen LogP contribution < -0.4 is 11.1 Å². The van der Waals surface area contributed by atoms with Crippen LogP contribution in [-0.4, -0.2) is 67.0 Å². The highest BCUT2D eigenvalue weighted by molar-refractivity contribution is 7.96. The summed E-state index contributed by atoms with van der Waals surface area (Å²) in [7, 11) is -4.10. The Morgan fingerprint density at radius 2 is 1.91 bits per heavy atom. The molecular weight excluding hydrogens is 511 g/mol. The predicted molar refractivity (Wildman–Crippen MR) is 121 cm³/mol. The smallest absolute Gasteiger partial charge is 0.361 e. The standard InChI is InChI=1S/C22H29ClF3N3O5S/c1-12(22(24,25)26)34-13-3-4-17(15(23)9-13)35(32,33)14-10-16(18(30)28-21(27)7-8-21)29(11-14)19(31)20(2)5-6-20/h3-4,12-14,16H,5-11,27H2,1-2H3,(H,28,30)/t12-,13?,14+,16+/m0/s1. The van der Waals surface area contributed by atoms with Crippen LogP contribution in [0.2, 0.25) is 0 Å². The van der Waals surface area contributed by atoms with E-state index in [1.807, 2.05) is 0 Å². The number of nitrogens with zero attached hydrogens (tertiary/aromatic N) is 1. The van der Waals surface area contributed by atoms with E-state index in [0.29, 0.717) is 25.7 Å². The molecule has 4 atom stereocenters. The minimum atomic E-state index is -4.56. The fourth-order valence-corrected chi connectivity index (χ4v) is 6.67. The quantitative estimate of drug-likeness (QED) is 0.480. The summed E-state index contributed by atoms with van der Waals surface area (Å²) in [5, 5.41) is 1.47. The normalized spacial score (nSPS) is 30.3. The van der Waals surface area contributed by atoms with E-state index < -0.39 is 56.5 Å². The third-order valence-electron chi connectivity index (χ3n) is 7.20. The summed E-state index contributed by atoms with van der Waals surface area (Å²) >= 11 is 6.23. The molecule has 0 spiro atoms. The van der Waals surface area contributed by atoms with Gasteiger partial charge in [0.2, 0.25) is 11.8 Å². The Labute approximate surface area is 207 Å². The summed E-state index contributed by atoms with van der Waals surface area (Å²) in [5.74, 6) is -0.764. The Morgan fingerprint density at radius 1 is 1.29 bits per heavy atom. The molecule has 1 saturated heterocycles. The lowest BCUT2D eigenvalue weighted by Crippen LogP contribution is -2.53. The Balaban J connectivity index is 1.52. The second kappa shape index (κ2) is 8.74. The number of hydrogen-bond donors (Lipinski definition) is 2. The number of alkyl halides is 3. The molecule has 1 unspecified atom stereocenters. The summed E-state index contributed by atoms with van der Waals surface area (Å²) in [6.45, 7) is 2.46. The van der Waals surface area contributed by atoms with Crippen molar-refractivity contribution in [2.75, 3.05) is 6.54 Å². The fourth-order valence-electron chi connectivity index (χ4n) is 4.32. The van der Waals surface area contributed by atoms with Crippen molar-refractivity contribution in [1.29, 1.82) is 0 Å². The van der Waals surface area contributed by atoms with Crippen molar-refractivity contribution in [1.82, 2.24) is 10.2 Å². The number of carbonyl (C=O) groups excluding carboxylic acids is 2. The third kappa shape index (κ3) is 5.40. The Kier molecular flexibility index (Phi) is 6.60. The third-order valence-corrected chi connectivity index (χ3v) is 9.88. The van der Waals surface area contributed by atoms with Crippen LogP contribution >= 0.6 is 11.6 Å². The lowest BCUT2D eigenvalue weighted by molar-refractivity contribution is -0.221. The molecule has 8 nitrogen and oxygen atoms in total. The zero-order chi connectivity index (χ0) is 26.0. The molecule has 3 N–H and O–H groups in total. The number of amides is 2. The van der Waals surface area contributed by atoms with Gasteiger partial charge in [0, 0.05) is 23.4 Å². The molecule has 0 aromatic carbocycles. The molecule has 2 saturated carbocycles. The molecule has 4 rings (SSSR count). The number of sulfone groups is 1. The molecule has 1 aliphatic heterocycles. The first-order valence-electron chi connectivity index (χ1n) is 11.5. The Bertz CT molecular complexity index is 1080. The summed E-state index contributed by atoms with van der Waals surface area (Å²) in [4.78, 5) is 27.2. The van der Waals surface area contributed by atoms with Crippen molar-refractivity contribution < 1.29 is 35.9 Å². The van der Waals surface area contributed by atoms with E-state index in [0.717, 1.165) is 13.0 Å². The molecule has 3 aliphatic carbocycles. The average molecular weight is 540 g/mol. The van der Waals surface area contributed by atoms with Gasteiger partial charge in [-0.25, -0.2) is 8.42 Å². The number of likely N-dealkylation sites (tertiary alicyclic amines) is 1. The van der Waals surface area contributed by atoms with Crippen LogP contribution in [0.1, 0.15) is 52.4 Å². The second-order valence-corrected chi connectivity index (χ2v) is 12.9. The highest BCUT2D eigenvalue weighted by Crippen LogP contribution is 2.48. The first-order chi connectivity index (χ1) is 16.1. The van der Waals surface area contributed by atoms with Crippen LogP contribution in [0.4, 0.5) is 13.2 Å². The topological polar surface area (TPSA) is 119 Å². The lowest BCUT2D eigenvalue weighted by atomic mass is 10.1. The zero-order valence-corrected chi connectivity index (χ0v) is 21.0. The number of allylic oxidation sites excluding steroid dienone is 1. The van der Waals surface area contributed by atoms with Crippen LogP contribution in [-0.2, 0) is 24.2 Å². The monoisotopic (exact) mass is 539 g/mol. The summed E-state index contributed by atoms with van der Waals surface area (Å²) in [6.07, 6.45) is -3.11. The highest BCUT2D eigenvalue weighted by Gasteiger charge is 2.55. The van der Waals surface area contributed by atoms with Gasteiger partial charge in [-0.15, -0.1) is 0 Å². The van der Waals surface area contributed by atoms with Gasteiger partial charge in [0.15, 0.2) is 15.9 Å². The van der Waals surface area contributed by atoms with Gasteiger partial charge in [0.25, 0.3) is 0 Å². The molecule has 0 aromatic rings. The van der Waals surface area contributed by atoms with Crippen LogP contribution in [0.3, 0.4) is 0 Å². The lowest BCUT2D eigenvalue weighted by Gasteiger charge is -2.27. The van der Waals surface area contributed by atoms with Crippen LogP contribution in [0.25, 0.3) is 0 Å². The molecule has 196 valence electrons. The summed E-state index contributed by atoms with van der Waals surface area (Å²) in [5.41, 5.74) is 4.56. The van der Waals surface area contributed by atoms with E-state index in [-0.39, 0.29) is 35.2 Å². The molecule has 35 heavy (non-hydrogen) atoms. The highest BCUT2D eigenvalue weighted by atomic mass is 35.5. The molecule has 1 heterocycles. The van der Waals surface area contributed by atoms with E-state index in [9.17, 15) is 31.2 Å². The van der Waals surface area contributed by atoms with Crippen LogP contribution in [0.15, 0.2) is 22.1 Å². The molecule has 0 radical (unpaired) electrons. The van der Waals surface area contributed by atoms with Gasteiger partial charge in [0.05, 0.1) is 21.9 Å². The molecule has 0 bridgehead atoms. The van der Waals surface area contributed by atoms with Crippen molar-refractivity contribution in [3.63, 3.8) is 0 Å². The first kappa shape index (κ1) is 26.4. The zero-order valence-electron chi connectivity index (χ0n) is 19.4. The molecule has 0 aromatic heterocycles. The SMILES string of the molecule is C[C@H](OC1C=CC(S(=O)(=O)[C@@H]2C[C@H](C(=O)NC3(N)CC3)N(C(=O)C3(C)CC3)C2)=C(Cl)C1)C(F)(F)F. The van der Waals surface area contributed by atoms with Crippen LogP contribution in [0.5, 0.6) is 0 Å². The van der Waals surface area contributed by atoms with Gasteiger partial charge in [0.1, 0.15) is 6.04 Å². The van der Waals surface area contributed by atoms with Gasteiger partial charge >= 0.3 is 6.18 Å². The van der Waals surface area contributed by atoms with Crippen molar-refractivity contribution >= 4 is 33.3 Å². The Morgan fingerprint density at radius 3 is 2.43 bits per heavy atom. The number of halogens is 4. The number of rotatable bonds is 7. The van der Waals surface area contributed by atoms with E-state index in [1.165, 1.54) is 11.0 Å². The second-order valence-electron chi connectivity index (χ2n) is 10.3. The van der Waals surface area contributed by atoms with E-state index >= 15 is 0 Å². The summed E-state index contributed by atoms with van der Waals surface area (Å²) in [6, 6.07) is -0.989. The van der Waals surface area contributed by atoms with Crippen molar-refractivity contribution in [2.24, 2.45) is 11.1 Å². The van der Waals surface area contributed by atoms with Crippen molar-refractivity contribution in [3.8, 4) is 0 Å². The van der Waals surface area contributed by atoms with Gasteiger partial charge in [-0.1, -0.05) is 24.6 Å². The molecule has 2 amide bonds. The fraction of sp³-hybridized carbons (Fsp3) is 0.727. The average Bonchev–Trinajstić information content (AvgIpc) is 3.62.